The van der Waals surface area contributed by atoms with E-state index in [9.17, 15) is 0 Å². The summed E-state index contributed by atoms with van der Waals surface area (Å²) in [4.78, 5) is 0. The van der Waals surface area contributed by atoms with Gasteiger partial charge in [0.05, 0.1) is 0 Å². The molecule has 0 aromatic carbocycles. The molecule has 6 saturated carbocycles. The molecule has 6 rings (SSSR count). The van der Waals surface area contributed by atoms with Crippen LogP contribution in [0.25, 0.3) is 0 Å². The van der Waals surface area contributed by atoms with Crippen molar-refractivity contribution in [3.05, 3.63) is 0 Å². The first-order valence-corrected chi connectivity index (χ1v) is 7.95. The normalized spacial score (nSPS) is 76.5. The summed E-state index contributed by atoms with van der Waals surface area (Å²) in [6, 6.07) is 0. The van der Waals surface area contributed by atoms with Gasteiger partial charge in [-0.05, 0) is 97.7 Å². The summed E-state index contributed by atoms with van der Waals surface area (Å²) in [5.74, 6) is 12.5. The highest BCUT2D eigenvalue weighted by atomic mass is 14.8. The van der Waals surface area contributed by atoms with Gasteiger partial charge in [0.2, 0.25) is 0 Å². The Balaban J connectivity index is 1.62. The summed E-state index contributed by atoms with van der Waals surface area (Å²) in [5.41, 5.74) is 0. The third kappa shape index (κ3) is 0.596. The molecule has 0 nitrogen and oxygen atoms in total. The van der Waals surface area contributed by atoms with Crippen LogP contribution in [0.2, 0.25) is 0 Å². The third-order valence-electron chi connectivity index (χ3n) is 8.45. The Morgan fingerprint density at radius 3 is 0.812 bits per heavy atom. The molecule has 0 aromatic rings. The minimum atomic E-state index is 1.23. The third-order valence-corrected chi connectivity index (χ3v) is 8.45. The van der Waals surface area contributed by atoms with Crippen LogP contribution in [0, 0.1) is 59.2 Å². The van der Waals surface area contributed by atoms with Crippen LogP contribution in [0.4, 0.5) is 0 Å². The zero-order valence-corrected chi connectivity index (χ0v) is 10.0. The second-order valence-electron chi connectivity index (χ2n) is 8.02. The average Bonchev–Trinajstić information content (AvgIpc) is 2.97. The van der Waals surface area contributed by atoms with Crippen LogP contribution in [0.1, 0.15) is 38.5 Å². The van der Waals surface area contributed by atoms with Gasteiger partial charge in [-0.15, -0.1) is 0 Å². The number of hydrogen-bond donors (Lipinski definition) is 0. The molecule has 0 amide bonds. The predicted molar refractivity (Wildman–Crippen MR) is 62.6 cm³/mol. The number of rotatable bonds is 0. The lowest BCUT2D eigenvalue weighted by Crippen LogP contribution is -2.14. The van der Waals surface area contributed by atoms with Gasteiger partial charge < -0.3 is 0 Å². The largest absolute Gasteiger partial charge is 0.0496 e. The molecule has 6 fully saturated rings. The van der Waals surface area contributed by atoms with Gasteiger partial charge in [-0.1, -0.05) is 0 Å². The fourth-order valence-corrected chi connectivity index (χ4v) is 8.74. The van der Waals surface area contributed by atoms with E-state index in [0.717, 1.165) is 0 Å². The first-order chi connectivity index (χ1) is 7.95. The Morgan fingerprint density at radius 1 is 0.312 bits per heavy atom. The average molecular weight is 214 g/mol. The lowest BCUT2D eigenvalue weighted by Gasteiger charge is -2.19. The maximum atomic E-state index is 1.65. The Kier molecular flexibility index (Phi) is 1.16. The maximum absolute atomic E-state index is 1.65. The molecule has 3 unspecified atom stereocenters. The molecule has 6 aliphatic rings. The highest BCUT2D eigenvalue weighted by Gasteiger charge is 2.74. The smallest absolute Gasteiger partial charge is 0.0313 e. The van der Waals surface area contributed by atoms with Crippen LogP contribution >= 0.6 is 0 Å². The van der Waals surface area contributed by atoms with E-state index in [-0.39, 0.29) is 0 Å². The van der Waals surface area contributed by atoms with E-state index in [1.165, 1.54) is 59.2 Å². The fraction of sp³-hybridized carbons (Fsp3) is 1.00. The van der Waals surface area contributed by atoms with Crippen molar-refractivity contribution in [1.82, 2.24) is 0 Å². The number of hydrogen-bond acceptors (Lipinski definition) is 0. The number of fused-ring (bicyclic) bond motifs is 3. The minimum absolute atomic E-state index is 1.23. The summed E-state index contributed by atoms with van der Waals surface area (Å²) in [6.07, 6.45) is 9.88. The molecule has 0 N–H and O–H groups in total. The van der Waals surface area contributed by atoms with Gasteiger partial charge in [0.1, 0.15) is 0 Å². The molecule has 0 aromatic heterocycles. The molecule has 0 bridgehead atoms. The Hall–Kier alpha value is 0. The standard InChI is InChI=1S/C16H22/c1-2-8-10-5-6-12-11-4-3-9-7(1)13(8)16(14(9)11)15(10)12/h7-16H,1-6H2/t7-,8+,9+,10-,11-,12+,13?,14?,15?,16?. The quantitative estimate of drug-likeness (QED) is 0.578. The van der Waals surface area contributed by atoms with Gasteiger partial charge in [-0.3, -0.25) is 0 Å². The zero-order chi connectivity index (χ0) is 10.0. The summed E-state index contributed by atoms with van der Waals surface area (Å²) in [7, 11) is 0. The predicted octanol–water partition coefficient (Wildman–Crippen LogP) is 3.57. The van der Waals surface area contributed by atoms with Gasteiger partial charge in [0.15, 0.2) is 0 Å². The fourth-order valence-electron chi connectivity index (χ4n) is 8.74. The van der Waals surface area contributed by atoms with E-state index in [0.29, 0.717) is 0 Å². The zero-order valence-electron chi connectivity index (χ0n) is 10.0. The van der Waals surface area contributed by atoms with E-state index in [1.807, 2.05) is 0 Å². The lowest BCUT2D eigenvalue weighted by atomic mass is 9.85. The molecule has 86 valence electrons. The van der Waals surface area contributed by atoms with Crippen LogP contribution in [-0.4, -0.2) is 0 Å². The topological polar surface area (TPSA) is 0 Å². The van der Waals surface area contributed by atoms with Crippen LogP contribution < -0.4 is 0 Å². The Bertz CT molecular complexity index is 285. The first-order valence-electron chi connectivity index (χ1n) is 7.95. The SMILES string of the molecule is C1C[C@H]2C3C4C5[C@@H](CC[C@@H]5[C@H]13)[C@H]1CC[C@@H]2C41. The molecule has 16 heavy (non-hydrogen) atoms. The molecule has 9 atom stereocenters. The van der Waals surface area contributed by atoms with Crippen molar-refractivity contribution in [1.29, 1.82) is 0 Å². The van der Waals surface area contributed by atoms with E-state index in [4.69, 9.17) is 0 Å². The summed E-state index contributed by atoms with van der Waals surface area (Å²) in [6.45, 7) is 0. The lowest BCUT2D eigenvalue weighted by molar-refractivity contribution is 0.284. The molecular weight excluding hydrogens is 192 g/mol. The maximum Gasteiger partial charge on any atom is -0.0313 e. The minimum Gasteiger partial charge on any atom is -0.0496 e. The highest BCUT2D eigenvalue weighted by molar-refractivity contribution is 5.22. The van der Waals surface area contributed by atoms with Gasteiger partial charge in [-0.2, -0.15) is 0 Å². The van der Waals surface area contributed by atoms with Crippen molar-refractivity contribution in [2.45, 2.75) is 38.5 Å². The van der Waals surface area contributed by atoms with Crippen molar-refractivity contribution in [2.75, 3.05) is 0 Å². The van der Waals surface area contributed by atoms with Crippen molar-refractivity contribution < 1.29 is 0 Å². The summed E-state index contributed by atoms with van der Waals surface area (Å²) < 4.78 is 0. The second-order valence-corrected chi connectivity index (χ2v) is 8.02. The van der Waals surface area contributed by atoms with E-state index < -0.39 is 0 Å². The molecule has 0 heterocycles. The van der Waals surface area contributed by atoms with Gasteiger partial charge in [0, 0.05) is 0 Å². The van der Waals surface area contributed by atoms with E-state index >= 15 is 0 Å². The summed E-state index contributed by atoms with van der Waals surface area (Å²) >= 11 is 0. The van der Waals surface area contributed by atoms with Crippen molar-refractivity contribution in [3.8, 4) is 0 Å². The summed E-state index contributed by atoms with van der Waals surface area (Å²) in [5, 5.41) is 0. The van der Waals surface area contributed by atoms with Crippen LogP contribution in [0.5, 0.6) is 0 Å². The van der Waals surface area contributed by atoms with E-state index in [1.54, 1.807) is 38.5 Å². The van der Waals surface area contributed by atoms with Crippen molar-refractivity contribution in [3.63, 3.8) is 0 Å². The van der Waals surface area contributed by atoms with Gasteiger partial charge in [0.25, 0.3) is 0 Å². The van der Waals surface area contributed by atoms with Gasteiger partial charge >= 0.3 is 0 Å². The van der Waals surface area contributed by atoms with Crippen molar-refractivity contribution in [2.24, 2.45) is 59.2 Å². The molecule has 0 heteroatoms. The second kappa shape index (κ2) is 2.27. The molecular formula is C16H22. The van der Waals surface area contributed by atoms with Crippen LogP contribution in [0.15, 0.2) is 0 Å². The monoisotopic (exact) mass is 214 g/mol. The van der Waals surface area contributed by atoms with Crippen LogP contribution in [0.3, 0.4) is 0 Å². The molecule has 0 radical (unpaired) electrons. The Morgan fingerprint density at radius 2 is 0.562 bits per heavy atom. The molecule has 0 spiro atoms. The molecule has 0 saturated heterocycles. The molecule has 0 aliphatic heterocycles. The van der Waals surface area contributed by atoms with Crippen LogP contribution in [-0.2, 0) is 0 Å². The van der Waals surface area contributed by atoms with Gasteiger partial charge in [-0.25, -0.2) is 0 Å². The highest BCUT2D eigenvalue weighted by Crippen LogP contribution is 2.79. The Labute approximate surface area is 98.2 Å². The van der Waals surface area contributed by atoms with Crippen molar-refractivity contribution >= 4 is 0 Å². The molecule has 6 aliphatic carbocycles. The van der Waals surface area contributed by atoms with E-state index in [2.05, 4.69) is 0 Å². The first kappa shape index (κ1) is 8.16.